The first-order valence-corrected chi connectivity index (χ1v) is 6.08. The molecule has 1 aromatic heterocycles. The van der Waals surface area contributed by atoms with Gasteiger partial charge in [0.2, 0.25) is 0 Å². The molecule has 0 bridgehead atoms. The van der Waals surface area contributed by atoms with Crippen LogP contribution in [0.5, 0.6) is 0 Å². The van der Waals surface area contributed by atoms with E-state index in [-0.39, 0.29) is 18.0 Å². The van der Waals surface area contributed by atoms with Crippen molar-refractivity contribution in [3.8, 4) is 0 Å². The van der Waals surface area contributed by atoms with Gasteiger partial charge in [0.25, 0.3) is 0 Å². The van der Waals surface area contributed by atoms with Crippen LogP contribution in [0.25, 0.3) is 0 Å². The number of pyridine rings is 1. The largest absolute Gasteiger partial charge is 0.372 e. The Bertz CT molecular complexity index is 417. The fourth-order valence-electron chi connectivity index (χ4n) is 2.16. The SMILES string of the molecule is Cc1cc(Cl)nc(N2C[C@@H](C)O[C@@H](C)C2)c1F. The van der Waals surface area contributed by atoms with Gasteiger partial charge in [-0.05, 0) is 32.4 Å². The molecule has 0 aromatic carbocycles. The van der Waals surface area contributed by atoms with Crippen LogP contribution in [0.3, 0.4) is 0 Å². The number of morpholine rings is 1. The van der Waals surface area contributed by atoms with Gasteiger partial charge >= 0.3 is 0 Å². The highest BCUT2D eigenvalue weighted by Gasteiger charge is 2.26. The zero-order chi connectivity index (χ0) is 12.6. The van der Waals surface area contributed by atoms with Gasteiger partial charge in [-0.3, -0.25) is 0 Å². The first-order chi connectivity index (χ1) is 7.97. The van der Waals surface area contributed by atoms with Crippen molar-refractivity contribution >= 4 is 17.4 Å². The molecule has 0 aliphatic carbocycles. The maximum absolute atomic E-state index is 14.0. The van der Waals surface area contributed by atoms with Gasteiger partial charge in [-0.2, -0.15) is 0 Å². The molecule has 0 amide bonds. The number of ether oxygens (including phenoxy) is 1. The number of nitrogens with zero attached hydrogens (tertiary/aromatic N) is 2. The molecule has 0 spiro atoms. The molecular weight excluding hydrogens is 243 g/mol. The Labute approximate surface area is 106 Å². The molecule has 94 valence electrons. The summed E-state index contributed by atoms with van der Waals surface area (Å²) in [4.78, 5) is 5.98. The summed E-state index contributed by atoms with van der Waals surface area (Å²) >= 11 is 5.88. The molecule has 1 saturated heterocycles. The third-order valence-electron chi connectivity index (χ3n) is 2.81. The molecule has 5 heteroatoms. The smallest absolute Gasteiger partial charge is 0.168 e. The van der Waals surface area contributed by atoms with Crippen molar-refractivity contribution < 1.29 is 9.13 Å². The highest BCUT2D eigenvalue weighted by atomic mass is 35.5. The second-order valence-electron chi connectivity index (χ2n) is 4.56. The fourth-order valence-corrected chi connectivity index (χ4v) is 2.40. The van der Waals surface area contributed by atoms with E-state index in [9.17, 15) is 4.39 Å². The van der Waals surface area contributed by atoms with E-state index in [1.807, 2.05) is 18.7 Å². The number of hydrogen-bond donors (Lipinski definition) is 0. The molecule has 2 rings (SSSR count). The predicted molar refractivity (Wildman–Crippen MR) is 66.2 cm³/mol. The molecule has 2 atom stereocenters. The van der Waals surface area contributed by atoms with Crippen LogP contribution in [0.2, 0.25) is 5.15 Å². The quantitative estimate of drug-likeness (QED) is 0.725. The third-order valence-corrected chi connectivity index (χ3v) is 3.00. The van der Waals surface area contributed by atoms with Crippen LogP contribution in [0, 0.1) is 12.7 Å². The van der Waals surface area contributed by atoms with E-state index in [0.717, 1.165) is 0 Å². The number of hydrogen-bond acceptors (Lipinski definition) is 3. The van der Waals surface area contributed by atoms with E-state index in [1.165, 1.54) is 6.07 Å². The lowest BCUT2D eigenvalue weighted by Crippen LogP contribution is -2.46. The Kier molecular flexibility index (Phi) is 3.54. The standard InChI is InChI=1S/C12H16ClFN2O/c1-7-4-10(13)15-12(11(7)14)16-5-8(2)17-9(3)6-16/h4,8-9H,5-6H2,1-3H3/t8-,9+. The summed E-state index contributed by atoms with van der Waals surface area (Å²) in [6.07, 6.45) is 0.137. The van der Waals surface area contributed by atoms with Crippen LogP contribution in [0.4, 0.5) is 10.2 Å². The van der Waals surface area contributed by atoms with E-state index in [1.54, 1.807) is 6.92 Å². The first-order valence-electron chi connectivity index (χ1n) is 5.70. The minimum atomic E-state index is -0.296. The number of halogens is 2. The number of aromatic nitrogens is 1. The van der Waals surface area contributed by atoms with Gasteiger partial charge in [0, 0.05) is 13.1 Å². The van der Waals surface area contributed by atoms with Gasteiger partial charge in [-0.25, -0.2) is 9.37 Å². The highest BCUT2D eigenvalue weighted by molar-refractivity contribution is 6.29. The van der Waals surface area contributed by atoms with Crippen LogP contribution in [0.15, 0.2) is 6.07 Å². The Balaban J connectivity index is 2.33. The van der Waals surface area contributed by atoms with Crippen molar-refractivity contribution in [2.75, 3.05) is 18.0 Å². The predicted octanol–water partition coefficient (Wildman–Crippen LogP) is 2.80. The minimum Gasteiger partial charge on any atom is -0.372 e. The molecule has 1 fully saturated rings. The molecule has 17 heavy (non-hydrogen) atoms. The summed E-state index contributed by atoms with van der Waals surface area (Å²) in [7, 11) is 0. The monoisotopic (exact) mass is 258 g/mol. The summed E-state index contributed by atoms with van der Waals surface area (Å²) in [5.41, 5.74) is 0.520. The molecular formula is C12H16ClFN2O. The summed E-state index contributed by atoms with van der Waals surface area (Å²) < 4.78 is 19.6. The van der Waals surface area contributed by atoms with Gasteiger partial charge < -0.3 is 9.64 Å². The molecule has 1 aliphatic rings. The van der Waals surface area contributed by atoms with Crippen molar-refractivity contribution in [2.24, 2.45) is 0 Å². The highest BCUT2D eigenvalue weighted by Crippen LogP contribution is 2.25. The molecule has 3 nitrogen and oxygen atoms in total. The molecule has 0 radical (unpaired) electrons. The zero-order valence-corrected chi connectivity index (χ0v) is 11.0. The van der Waals surface area contributed by atoms with Crippen LogP contribution in [-0.4, -0.2) is 30.3 Å². The van der Waals surface area contributed by atoms with Crippen molar-refractivity contribution in [3.63, 3.8) is 0 Å². The Morgan fingerprint density at radius 2 is 2.00 bits per heavy atom. The second kappa shape index (κ2) is 4.78. The molecule has 0 unspecified atom stereocenters. The molecule has 0 saturated carbocycles. The number of anilines is 1. The second-order valence-corrected chi connectivity index (χ2v) is 4.95. The fraction of sp³-hybridized carbons (Fsp3) is 0.583. The Hall–Kier alpha value is -0.870. The summed E-state index contributed by atoms with van der Waals surface area (Å²) in [6, 6.07) is 1.54. The van der Waals surface area contributed by atoms with Gasteiger partial charge in [-0.1, -0.05) is 11.6 Å². The average Bonchev–Trinajstić information content (AvgIpc) is 2.22. The van der Waals surface area contributed by atoms with E-state index in [0.29, 0.717) is 29.6 Å². The summed E-state index contributed by atoms with van der Waals surface area (Å²) in [5.74, 6) is 0.0349. The lowest BCUT2D eigenvalue weighted by molar-refractivity contribution is -0.00565. The van der Waals surface area contributed by atoms with Gasteiger partial charge in [0.15, 0.2) is 11.6 Å². The van der Waals surface area contributed by atoms with Crippen LogP contribution in [0.1, 0.15) is 19.4 Å². The topological polar surface area (TPSA) is 25.4 Å². The number of rotatable bonds is 1. The van der Waals surface area contributed by atoms with Crippen molar-refractivity contribution in [2.45, 2.75) is 33.0 Å². The molecule has 1 aliphatic heterocycles. The van der Waals surface area contributed by atoms with E-state index in [4.69, 9.17) is 16.3 Å². The van der Waals surface area contributed by atoms with Crippen molar-refractivity contribution in [1.29, 1.82) is 0 Å². The van der Waals surface area contributed by atoms with Gasteiger partial charge in [0.1, 0.15) is 5.15 Å². The van der Waals surface area contributed by atoms with Gasteiger partial charge in [-0.15, -0.1) is 0 Å². The average molecular weight is 259 g/mol. The molecule has 0 N–H and O–H groups in total. The van der Waals surface area contributed by atoms with E-state index in [2.05, 4.69) is 4.98 Å². The Morgan fingerprint density at radius 3 is 2.59 bits per heavy atom. The zero-order valence-electron chi connectivity index (χ0n) is 10.2. The van der Waals surface area contributed by atoms with Crippen molar-refractivity contribution in [1.82, 2.24) is 4.98 Å². The van der Waals surface area contributed by atoms with Gasteiger partial charge in [0.05, 0.1) is 12.2 Å². The normalized spacial score (nSPS) is 25.1. The molecule has 2 heterocycles. The number of aryl methyl sites for hydroxylation is 1. The van der Waals surface area contributed by atoms with E-state index < -0.39 is 0 Å². The molecule has 1 aromatic rings. The van der Waals surface area contributed by atoms with Crippen LogP contribution < -0.4 is 4.90 Å². The maximum atomic E-state index is 14.0. The lowest BCUT2D eigenvalue weighted by Gasteiger charge is -2.36. The Morgan fingerprint density at radius 1 is 1.41 bits per heavy atom. The summed E-state index contributed by atoms with van der Waals surface area (Å²) in [6.45, 7) is 6.90. The maximum Gasteiger partial charge on any atom is 0.168 e. The first kappa shape index (κ1) is 12.6. The van der Waals surface area contributed by atoms with Crippen LogP contribution >= 0.6 is 11.6 Å². The summed E-state index contributed by atoms with van der Waals surface area (Å²) in [5, 5.41) is 0.325. The third kappa shape index (κ3) is 2.69. The minimum absolute atomic E-state index is 0.0687. The van der Waals surface area contributed by atoms with Crippen LogP contribution in [-0.2, 0) is 4.74 Å². The lowest BCUT2D eigenvalue weighted by atomic mass is 10.2. The van der Waals surface area contributed by atoms with Crippen molar-refractivity contribution in [3.05, 3.63) is 22.6 Å². The van der Waals surface area contributed by atoms with E-state index >= 15 is 0 Å².